The van der Waals surface area contributed by atoms with Crippen LogP contribution in [0.25, 0.3) is 0 Å². The summed E-state index contributed by atoms with van der Waals surface area (Å²) in [5, 5.41) is 12.0. The molecule has 0 aromatic carbocycles. The second-order valence-electron chi connectivity index (χ2n) is 5.49. The SMILES string of the molecule is Cc1cc(C)n(Cc2nc(C3CCCCCN3)no2)n1. The van der Waals surface area contributed by atoms with Gasteiger partial charge in [-0.1, -0.05) is 18.0 Å². The maximum absolute atomic E-state index is 5.36. The Balaban J connectivity index is 1.71. The molecule has 1 unspecified atom stereocenters. The van der Waals surface area contributed by atoms with Crippen LogP contribution >= 0.6 is 0 Å². The van der Waals surface area contributed by atoms with Crippen LogP contribution in [0.4, 0.5) is 0 Å². The average Bonchev–Trinajstić information content (AvgIpc) is 2.88. The smallest absolute Gasteiger partial charge is 0.248 e. The fourth-order valence-electron chi connectivity index (χ4n) is 2.69. The summed E-state index contributed by atoms with van der Waals surface area (Å²) in [6, 6.07) is 2.28. The van der Waals surface area contributed by atoms with Gasteiger partial charge in [-0.15, -0.1) is 0 Å². The molecule has 0 amide bonds. The van der Waals surface area contributed by atoms with Gasteiger partial charge in [-0.25, -0.2) is 0 Å². The number of aromatic nitrogens is 4. The van der Waals surface area contributed by atoms with Crippen LogP contribution in [0.2, 0.25) is 0 Å². The standard InChI is InChI=1S/C14H21N5O/c1-10-8-11(2)19(17-10)9-13-16-14(18-20-13)12-6-4-3-5-7-15-12/h8,12,15H,3-7,9H2,1-2H3. The zero-order valence-electron chi connectivity index (χ0n) is 12.1. The molecule has 0 bridgehead atoms. The Kier molecular flexibility index (Phi) is 3.82. The van der Waals surface area contributed by atoms with Gasteiger partial charge in [0.15, 0.2) is 5.82 Å². The van der Waals surface area contributed by atoms with E-state index < -0.39 is 0 Å². The number of aryl methyl sites for hydroxylation is 2. The van der Waals surface area contributed by atoms with Crippen molar-refractivity contribution in [3.05, 3.63) is 29.2 Å². The molecule has 2 aromatic heterocycles. The predicted octanol–water partition coefficient (Wildman–Crippen LogP) is 2.14. The minimum atomic E-state index is 0.232. The Bertz CT molecular complexity index is 566. The molecule has 0 spiro atoms. The fraction of sp³-hybridized carbons (Fsp3) is 0.643. The van der Waals surface area contributed by atoms with Crippen molar-refractivity contribution in [2.45, 2.75) is 52.1 Å². The van der Waals surface area contributed by atoms with Gasteiger partial charge >= 0.3 is 0 Å². The summed E-state index contributed by atoms with van der Waals surface area (Å²) in [6.45, 7) is 5.59. The fourth-order valence-corrected chi connectivity index (χ4v) is 2.69. The Morgan fingerprint density at radius 2 is 2.25 bits per heavy atom. The summed E-state index contributed by atoms with van der Waals surface area (Å²) in [5.74, 6) is 1.40. The van der Waals surface area contributed by atoms with Gasteiger partial charge in [-0.3, -0.25) is 4.68 Å². The lowest BCUT2D eigenvalue weighted by Crippen LogP contribution is -2.21. The van der Waals surface area contributed by atoms with E-state index in [9.17, 15) is 0 Å². The van der Waals surface area contributed by atoms with Gasteiger partial charge in [-0.05, 0) is 39.3 Å². The highest BCUT2D eigenvalue weighted by atomic mass is 16.5. The predicted molar refractivity (Wildman–Crippen MR) is 74.3 cm³/mol. The molecule has 20 heavy (non-hydrogen) atoms. The molecule has 1 aliphatic heterocycles. The lowest BCUT2D eigenvalue weighted by Gasteiger charge is -2.09. The van der Waals surface area contributed by atoms with Gasteiger partial charge in [0, 0.05) is 5.69 Å². The summed E-state index contributed by atoms with van der Waals surface area (Å²) in [6.07, 6.45) is 4.81. The maximum Gasteiger partial charge on any atom is 0.248 e. The van der Waals surface area contributed by atoms with Crippen molar-refractivity contribution < 1.29 is 4.52 Å². The molecule has 0 radical (unpaired) electrons. The zero-order chi connectivity index (χ0) is 13.9. The maximum atomic E-state index is 5.36. The molecule has 6 nitrogen and oxygen atoms in total. The summed E-state index contributed by atoms with van der Waals surface area (Å²) >= 11 is 0. The lowest BCUT2D eigenvalue weighted by atomic mass is 10.1. The van der Waals surface area contributed by atoms with Gasteiger partial charge in [-0.2, -0.15) is 10.1 Å². The molecule has 1 atom stereocenters. The molecule has 1 saturated heterocycles. The van der Waals surface area contributed by atoms with Gasteiger partial charge < -0.3 is 9.84 Å². The molecule has 3 rings (SSSR count). The van der Waals surface area contributed by atoms with Crippen molar-refractivity contribution >= 4 is 0 Å². The quantitative estimate of drug-likeness (QED) is 0.929. The Hall–Kier alpha value is -1.69. The second kappa shape index (κ2) is 5.75. The minimum Gasteiger partial charge on any atom is -0.337 e. The Labute approximate surface area is 118 Å². The highest BCUT2D eigenvalue weighted by Crippen LogP contribution is 2.20. The van der Waals surface area contributed by atoms with E-state index in [0.29, 0.717) is 12.4 Å². The van der Waals surface area contributed by atoms with Crippen molar-refractivity contribution in [3.8, 4) is 0 Å². The third-order valence-electron chi connectivity index (χ3n) is 3.74. The number of nitrogens with one attached hydrogen (secondary N) is 1. The molecular weight excluding hydrogens is 254 g/mol. The molecular formula is C14H21N5O. The lowest BCUT2D eigenvalue weighted by molar-refractivity contribution is 0.353. The van der Waals surface area contributed by atoms with Crippen LogP contribution in [0.3, 0.4) is 0 Å². The third kappa shape index (κ3) is 2.90. The van der Waals surface area contributed by atoms with Gasteiger partial charge in [0.05, 0.1) is 11.7 Å². The van der Waals surface area contributed by atoms with Gasteiger partial charge in [0.1, 0.15) is 6.54 Å². The van der Waals surface area contributed by atoms with Crippen molar-refractivity contribution in [3.63, 3.8) is 0 Å². The monoisotopic (exact) mass is 275 g/mol. The summed E-state index contributed by atoms with van der Waals surface area (Å²) in [5.41, 5.74) is 2.11. The van der Waals surface area contributed by atoms with E-state index in [4.69, 9.17) is 4.52 Å². The molecule has 2 aromatic rings. The van der Waals surface area contributed by atoms with E-state index in [0.717, 1.165) is 30.2 Å². The first kappa shape index (κ1) is 13.3. The van der Waals surface area contributed by atoms with Crippen LogP contribution in [-0.2, 0) is 6.54 Å². The van der Waals surface area contributed by atoms with Crippen LogP contribution in [0.1, 0.15) is 54.8 Å². The topological polar surface area (TPSA) is 68.8 Å². The molecule has 3 heterocycles. The number of nitrogens with zero attached hydrogens (tertiary/aromatic N) is 4. The Morgan fingerprint density at radius 3 is 3.05 bits per heavy atom. The highest BCUT2D eigenvalue weighted by molar-refractivity contribution is 5.07. The average molecular weight is 275 g/mol. The number of rotatable bonds is 3. The molecule has 108 valence electrons. The van der Waals surface area contributed by atoms with Crippen LogP contribution in [0, 0.1) is 13.8 Å². The van der Waals surface area contributed by atoms with E-state index >= 15 is 0 Å². The normalized spacial score (nSPS) is 20.0. The Morgan fingerprint density at radius 1 is 1.35 bits per heavy atom. The van der Waals surface area contributed by atoms with Gasteiger partial charge in [0.2, 0.25) is 5.89 Å². The van der Waals surface area contributed by atoms with E-state index in [2.05, 4.69) is 20.6 Å². The molecule has 1 fully saturated rings. The largest absolute Gasteiger partial charge is 0.337 e. The van der Waals surface area contributed by atoms with E-state index in [-0.39, 0.29) is 6.04 Å². The summed E-state index contributed by atoms with van der Waals surface area (Å²) < 4.78 is 7.26. The first-order valence-electron chi connectivity index (χ1n) is 7.29. The molecule has 1 N–H and O–H groups in total. The van der Waals surface area contributed by atoms with Crippen molar-refractivity contribution in [1.82, 2.24) is 25.2 Å². The van der Waals surface area contributed by atoms with E-state index in [1.54, 1.807) is 0 Å². The van der Waals surface area contributed by atoms with Crippen LogP contribution in [0.5, 0.6) is 0 Å². The van der Waals surface area contributed by atoms with E-state index in [1.807, 2.05) is 24.6 Å². The van der Waals surface area contributed by atoms with Crippen LogP contribution in [0.15, 0.2) is 10.6 Å². The molecule has 0 aliphatic carbocycles. The van der Waals surface area contributed by atoms with Crippen molar-refractivity contribution in [2.24, 2.45) is 0 Å². The number of hydrogen-bond donors (Lipinski definition) is 1. The van der Waals surface area contributed by atoms with Crippen molar-refractivity contribution in [2.75, 3.05) is 6.54 Å². The van der Waals surface area contributed by atoms with Crippen LogP contribution < -0.4 is 5.32 Å². The zero-order valence-corrected chi connectivity index (χ0v) is 12.1. The molecule has 1 aliphatic rings. The van der Waals surface area contributed by atoms with Gasteiger partial charge in [0.25, 0.3) is 0 Å². The minimum absolute atomic E-state index is 0.232. The third-order valence-corrected chi connectivity index (χ3v) is 3.74. The molecule has 0 saturated carbocycles. The first-order valence-corrected chi connectivity index (χ1v) is 7.29. The van der Waals surface area contributed by atoms with Crippen molar-refractivity contribution in [1.29, 1.82) is 0 Å². The van der Waals surface area contributed by atoms with Crippen LogP contribution in [-0.4, -0.2) is 26.5 Å². The first-order chi connectivity index (χ1) is 9.72. The second-order valence-corrected chi connectivity index (χ2v) is 5.49. The highest BCUT2D eigenvalue weighted by Gasteiger charge is 2.19. The summed E-state index contributed by atoms with van der Waals surface area (Å²) in [4.78, 5) is 4.52. The van der Waals surface area contributed by atoms with E-state index in [1.165, 1.54) is 19.3 Å². The number of hydrogen-bond acceptors (Lipinski definition) is 5. The molecule has 6 heteroatoms. The summed E-state index contributed by atoms with van der Waals surface area (Å²) in [7, 11) is 0.